The first-order valence-corrected chi connectivity index (χ1v) is 10.1. The van der Waals surface area contributed by atoms with E-state index in [0.717, 1.165) is 17.3 Å². The molecule has 1 aliphatic heterocycles. The minimum absolute atomic E-state index is 0.0218. The Morgan fingerprint density at radius 3 is 2.83 bits per heavy atom. The number of methoxy groups -OCH3 is 1. The van der Waals surface area contributed by atoms with Gasteiger partial charge >= 0.3 is 0 Å². The number of benzene rings is 2. The summed E-state index contributed by atoms with van der Waals surface area (Å²) in [7, 11) is 1.57. The van der Waals surface area contributed by atoms with Crippen LogP contribution in [0.5, 0.6) is 5.75 Å². The molecule has 2 aromatic rings. The molecule has 29 heavy (non-hydrogen) atoms. The molecule has 1 aliphatic rings. The second-order valence-corrected chi connectivity index (χ2v) is 7.87. The Bertz CT molecular complexity index is 997. The molecule has 2 N–H and O–H groups in total. The summed E-state index contributed by atoms with van der Waals surface area (Å²) in [6.07, 6.45) is 1.51. The molecule has 1 saturated heterocycles. The van der Waals surface area contributed by atoms with Crippen LogP contribution in [0.2, 0.25) is 10.0 Å². The summed E-state index contributed by atoms with van der Waals surface area (Å²) in [6, 6.07) is 12.1. The number of carbonyl (C=O) groups is 2. The summed E-state index contributed by atoms with van der Waals surface area (Å²) in [5.41, 5.74) is 1.26. The zero-order chi connectivity index (χ0) is 20.8. The molecule has 0 saturated carbocycles. The van der Waals surface area contributed by atoms with E-state index in [1.54, 1.807) is 25.3 Å². The predicted molar refractivity (Wildman–Crippen MR) is 117 cm³/mol. The number of carbonyl (C=O) groups excluding carboxylic acids is 2. The van der Waals surface area contributed by atoms with Gasteiger partial charge in [0.25, 0.3) is 0 Å². The summed E-state index contributed by atoms with van der Waals surface area (Å²) in [6.45, 7) is 0. The SMILES string of the molecule is COc1ccccc1/C=N\N=C1/NC(=O)[C@H](CC(=O)Nc2ccc(Cl)c(Cl)c2)S1. The molecule has 0 unspecified atom stereocenters. The number of para-hydroxylation sites is 1. The van der Waals surface area contributed by atoms with Gasteiger partial charge in [-0.1, -0.05) is 47.1 Å². The normalized spacial score (nSPS) is 17.6. The highest BCUT2D eigenvalue weighted by Gasteiger charge is 2.32. The van der Waals surface area contributed by atoms with Gasteiger partial charge in [0.2, 0.25) is 11.8 Å². The maximum Gasteiger partial charge on any atom is 0.240 e. The van der Waals surface area contributed by atoms with Crippen LogP contribution in [0.4, 0.5) is 5.69 Å². The van der Waals surface area contributed by atoms with Crippen molar-refractivity contribution in [3.63, 3.8) is 0 Å². The van der Waals surface area contributed by atoms with Gasteiger partial charge < -0.3 is 15.4 Å². The molecule has 2 aromatic carbocycles. The fourth-order valence-electron chi connectivity index (χ4n) is 2.46. The number of rotatable bonds is 6. The molecule has 7 nitrogen and oxygen atoms in total. The number of amides is 2. The van der Waals surface area contributed by atoms with E-state index < -0.39 is 5.25 Å². The van der Waals surface area contributed by atoms with Crippen LogP contribution in [-0.4, -0.2) is 35.6 Å². The number of hydrogen-bond donors (Lipinski definition) is 2. The van der Waals surface area contributed by atoms with E-state index in [2.05, 4.69) is 20.8 Å². The van der Waals surface area contributed by atoms with Gasteiger partial charge in [-0.25, -0.2) is 0 Å². The molecule has 0 radical (unpaired) electrons. The second kappa shape index (κ2) is 9.78. The molecular weight excluding hydrogens is 435 g/mol. The van der Waals surface area contributed by atoms with Gasteiger partial charge in [0, 0.05) is 17.7 Å². The second-order valence-electron chi connectivity index (χ2n) is 5.87. The first-order valence-electron chi connectivity index (χ1n) is 8.42. The van der Waals surface area contributed by atoms with E-state index in [0.29, 0.717) is 26.6 Å². The number of hydrogen-bond acceptors (Lipinski definition) is 6. The third-order valence-electron chi connectivity index (χ3n) is 3.83. The smallest absolute Gasteiger partial charge is 0.240 e. The lowest BCUT2D eigenvalue weighted by Crippen LogP contribution is -2.28. The van der Waals surface area contributed by atoms with E-state index in [1.165, 1.54) is 6.21 Å². The quantitative estimate of drug-likeness (QED) is 0.514. The van der Waals surface area contributed by atoms with E-state index >= 15 is 0 Å². The Labute approximate surface area is 181 Å². The van der Waals surface area contributed by atoms with Gasteiger partial charge in [0.1, 0.15) is 11.0 Å². The van der Waals surface area contributed by atoms with E-state index in [-0.39, 0.29) is 18.2 Å². The molecular formula is C19H16Cl2N4O3S. The molecule has 150 valence electrons. The highest BCUT2D eigenvalue weighted by atomic mass is 35.5. The lowest BCUT2D eigenvalue weighted by Gasteiger charge is -2.08. The van der Waals surface area contributed by atoms with Gasteiger partial charge in [-0.15, -0.1) is 5.10 Å². The lowest BCUT2D eigenvalue weighted by atomic mass is 10.2. The van der Waals surface area contributed by atoms with Crippen molar-refractivity contribution in [2.75, 3.05) is 12.4 Å². The van der Waals surface area contributed by atoms with Crippen molar-refractivity contribution >= 4 is 63.8 Å². The predicted octanol–water partition coefficient (Wildman–Crippen LogP) is 3.95. The van der Waals surface area contributed by atoms with Crippen LogP contribution in [0.15, 0.2) is 52.7 Å². The van der Waals surface area contributed by atoms with Crippen LogP contribution in [-0.2, 0) is 9.59 Å². The minimum Gasteiger partial charge on any atom is -0.496 e. The lowest BCUT2D eigenvalue weighted by molar-refractivity contribution is -0.122. The molecule has 1 fully saturated rings. The standard InChI is InChI=1S/C19H16Cl2N4O3S/c1-28-15-5-3-2-4-11(15)10-22-25-19-24-18(27)16(29-19)9-17(26)23-12-6-7-13(20)14(21)8-12/h2-8,10,16H,9H2,1H3,(H,23,26)(H,24,25,27)/b22-10-/t16-/m0/s1. The zero-order valence-electron chi connectivity index (χ0n) is 15.2. The summed E-state index contributed by atoms with van der Waals surface area (Å²) < 4.78 is 5.23. The molecule has 1 atom stereocenters. The number of anilines is 1. The van der Waals surface area contributed by atoms with Crippen LogP contribution in [0.1, 0.15) is 12.0 Å². The van der Waals surface area contributed by atoms with Crippen molar-refractivity contribution in [1.29, 1.82) is 0 Å². The third kappa shape index (κ3) is 5.72. The molecule has 10 heteroatoms. The first kappa shape index (κ1) is 21.2. The van der Waals surface area contributed by atoms with E-state index in [1.807, 2.05) is 24.3 Å². The van der Waals surface area contributed by atoms with Gasteiger partial charge in [0.05, 0.1) is 23.4 Å². The highest BCUT2D eigenvalue weighted by molar-refractivity contribution is 8.15. The Morgan fingerprint density at radius 1 is 1.28 bits per heavy atom. The summed E-state index contributed by atoms with van der Waals surface area (Å²) in [4.78, 5) is 24.3. The van der Waals surface area contributed by atoms with Gasteiger partial charge in [-0.05, 0) is 30.3 Å². The summed E-state index contributed by atoms with van der Waals surface area (Å²) in [5, 5.41) is 13.8. The molecule has 1 heterocycles. The Balaban J connectivity index is 1.58. The van der Waals surface area contributed by atoms with Crippen molar-refractivity contribution in [3.05, 3.63) is 58.1 Å². The number of thioether (sulfide) groups is 1. The molecule has 0 aromatic heterocycles. The van der Waals surface area contributed by atoms with Crippen LogP contribution < -0.4 is 15.4 Å². The van der Waals surface area contributed by atoms with Crippen molar-refractivity contribution in [2.24, 2.45) is 10.2 Å². The summed E-state index contributed by atoms with van der Waals surface area (Å²) >= 11 is 12.9. The van der Waals surface area contributed by atoms with Gasteiger partial charge in [0.15, 0.2) is 5.17 Å². The summed E-state index contributed by atoms with van der Waals surface area (Å²) in [5.74, 6) is 0.0387. The Kier molecular flexibility index (Phi) is 7.13. The highest BCUT2D eigenvalue weighted by Crippen LogP contribution is 2.26. The fourth-order valence-corrected chi connectivity index (χ4v) is 3.68. The topological polar surface area (TPSA) is 92.2 Å². The fraction of sp³-hybridized carbons (Fsp3) is 0.158. The average Bonchev–Trinajstić information content (AvgIpc) is 3.04. The molecule has 2 amide bonds. The number of ether oxygens (including phenoxy) is 1. The number of nitrogens with one attached hydrogen (secondary N) is 2. The first-order chi connectivity index (χ1) is 14.0. The largest absolute Gasteiger partial charge is 0.496 e. The van der Waals surface area contributed by atoms with Gasteiger partial charge in [-0.2, -0.15) is 5.10 Å². The maximum absolute atomic E-state index is 12.2. The number of amidine groups is 1. The van der Waals surface area contributed by atoms with Crippen molar-refractivity contribution in [3.8, 4) is 5.75 Å². The molecule has 0 bridgehead atoms. The minimum atomic E-state index is -0.599. The van der Waals surface area contributed by atoms with Gasteiger partial charge in [-0.3, -0.25) is 9.59 Å². The molecule has 3 rings (SSSR count). The van der Waals surface area contributed by atoms with Crippen molar-refractivity contribution in [2.45, 2.75) is 11.7 Å². The van der Waals surface area contributed by atoms with Crippen molar-refractivity contribution in [1.82, 2.24) is 5.32 Å². The Morgan fingerprint density at radius 2 is 2.07 bits per heavy atom. The Hall–Kier alpha value is -2.55. The zero-order valence-corrected chi connectivity index (χ0v) is 17.5. The van der Waals surface area contributed by atoms with Crippen LogP contribution in [0, 0.1) is 0 Å². The maximum atomic E-state index is 12.2. The van der Waals surface area contributed by atoms with E-state index in [4.69, 9.17) is 27.9 Å². The molecule has 0 spiro atoms. The third-order valence-corrected chi connectivity index (χ3v) is 5.65. The van der Waals surface area contributed by atoms with Crippen molar-refractivity contribution < 1.29 is 14.3 Å². The van der Waals surface area contributed by atoms with Crippen LogP contribution in [0.25, 0.3) is 0 Å². The molecule has 0 aliphatic carbocycles. The van der Waals surface area contributed by atoms with Crippen LogP contribution >= 0.6 is 35.0 Å². The monoisotopic (exact) mass is 450 g/mol. The van der Waals surface area contributed by atoms with Crippen LogP contribution in [0.3, 0.4) is 0 Å². The van der Waals surface area contributed by atoms with E-state index in [9.17, 15) is 9.59 Å². The number of halogens is 2. The average molecular weight is 451 g/mol. The number of nitrogens with zero attached hydrogens (tertiary/aromatic N) is 2.